The predicted octanol–water partition coefficient (Wildman–Crippen LogP) is -6.08. The standard InChI is InChI=1S/C17H36N6O3.C12H15N3O6.C10H21N3O3.C9H19N3O3/c1-22(11-3-7-18)13-5-9-20-16(25)17(26)21-10-6-14-23(2)12-4-8-19-15-24;16-10-13(1-7-4-19-7)11(17)15(3-9-6-21-9)12(18)14(10)2-8-5-20-8;11-5-6-12-7-8-13-9(14)3-1-2-4-10(15)16;10-4-5-11-6-7-12-8(13)2-1-3-9(14)15/h15H,3-14,18H2,1-2H3,(H,19,24)(H,20,25)(H,21,26);7-9H,1-6H2;12H,1-8,11H2,(H,13,14)(H,15,16);11H,1-7,10H2,(H,12,13)(H,14,15). The van der Waals surface area contributed by atoms with Crippen molar-refractivity contribution in [3.8, 4) is 0 Å². The van der Waals surface area contributed by atoms with Gasteiger partial charge in [0, 0.05) is 97.7 Å². The number of hydrogen-bond donors (Lipinski definition) is 12. The molecular weight excluding hydrogens is 1030 g/mol. The molecule has 0 aliphatic carbocycles. The van der Waals surface area contributed by atoms with Gasteiger partial charge in [-0.05, 0) is 91.8 Å². The minimum absolute atomic E-state index is 0.0278. The van der Waals surface area contributed by atoms with Crippen molar-refractivity contribution in [2.75, 3.05) is 139 Å². The Morgan fingerprint density at radius 1 is 0.500 bits per heavy atom. The van der Waals surface area contributed by atoms with Crippen molar-refractivity contribution in [2.24, 2.45) is 17.2 Å². The molecule has 0 saturated carbocycles. The van der Waals surface area contributed by atoms with Gasteiger partial charge in [0.2, 0.25) is 18.2 Å². The fraction of sp³-hybridized carbons (Fsp3) is 0.792. The first-order valence-corrected chi connectivity index (χ1v) is 26.9. The van der Waals surface area contributed by atoms with Crippen LogP contribution in [0.3, 0.4) is 0 Å². The van der Waals surface area contributed by atoms with E-state index in [2.05, 4.69) is 47.0 Å². The van der Waals surface area contributed by atoms with Crippen LogP contribution in [-0.4, -0.2) is 233 Å². The van der Waals surface area contributed by atoms with E-state index >= 15 is 0 Å². The zero-order chi connectivity index (χ0) is 57.9. The van der Waals surface area contributed by atoms with Gasteiger partial charge in [-0.1, -0.05) is 0 Å². The summed E-state index contributed by atoms with van der Waals surface area (Å²) in [6, 6.07) is 0. The number of ether oxygens (including phenoxy) is 3. The molecule has 3 saturated heterocycles. The van der Waals surface area contributed by atoms with Crippen molar-refractivity contribution >= 4 is 42.0 Å². The van der Waals surface area contributed by atoms with Crippen LogP contribution in [0, 0.1) is 0 Å². The van der Waals surface area contributed by atoms with E-state index in [1.54, 1.807) is 0 Å². The monoisotopic (exact) mass is 1120 g/mol. The minimum atomic E-state index is -0.868. The number of amides is 5. The Morgan fingerprint density at radius 3 is 1.22 bits per heavy atom. The average molecular weight is 1120 g/mol. The van der Waals surface area contributed by atoms with Crippen molar-refractivity contribution in [3.05, 3.63) is 31.5 Å². The van der Waals surface area contributed by atoms with Gasteiger partial charge in [-0.2, -0.15) is 0 Å². The number of carboxylic acids is 2. The maximum Gasteiger partial charge on any atom is 0.336 e. The van der Waals surface area contributed by atoms with E-state index in [9.17, 15) is 47.9 Å². The van der Waals surface area contributed by atoms with E-state index in [1.807, 2.05) is 14.1 Å². The third-order valence-corrected chi connectivity index (χ3v) is 11.4. The van der Waals surface area contributed by atoms with Crippen LogP contribution < -0.4 is 71.5 Å². The lowest BCUT2D eigenvalue weighted by molar-refractivity contribution is -0.139. The Kier molecular flexibility index (Phi) is 39.8. The van der Waals surface area contributed by atoms with E-state index in [1.165, 1.54) is 0 Å². The summed E-state index contributed by atoms with van der Waals surface area (Å²) in [5, 5.41) is 36.1. The molecule has 4 heterocycles. The third-order valence-electron chi connectivity index (χ3n) is 11.4. The summed E-state index contributed by atoms with van der Waals surface area (Å²) in [4.78, 5) is 118. The first kappa shape index (κ1) is 70.3. The molecular formula is C48H91N15O15. The van der Waals surface area contributed by atoms with Crippen LogP contribution in [0.4, 0.5) is 0 Å². The zero-order valence-electron chi connectivity index (χ0n) is 45.8. The molecule has 3 unspecified atom stereocenters. The molecule has 1 aromatic rings. The van der Waals surface area contributed by atoms with Crippen LogP contribution in [0.15, 0.2) is 14.4 Å². The summed E-state index contributed by atoms with van der Waals surface area (Å²) in [6.45, 7) is 13.0. The molecule has 30 nitrogen and oxygen atoms in total. The number of nitrogens with one attached hydrogen (secondary N) is 7. The summed E-state index contributed by atoms with van der Waals surface area (Å²) in [5.41, 5.74) is 14.2. The average Bonchev–Trinajstić information content (AvgIpc) is 4.26. The molecule has 1 aromatic heterocycles. The van der Waals surface area contributed by atoms with Crippen LogP contribution in [0.5, 0.6) is 0 Å². The SMILES string of the molecule is CN(CCCN)CCCNC(=O)C(=O)NCCCN(C)CCCNC=O.NCCNCCNC(=O)CCCC(=O)O.NCCNCCNC(=O)CCCCC(=O)O.O=c1n(CC2CO2)c(=O)n(CC2CO2)c(=O)n1CC1CO1. The second-order valence-corrected chi connectivity index (χ2v) is 18.6. The summed E-state index contributed by atoms with van der Waals surface area (Å²) in [5.74, 6) is -2.98. The van der Waals surface area contributed by atoms with E-state index in [4.69, 9.17) is 41.6 Å². The summed E-state index contributed by atoms with van der Waals surface area (Å²) < 4.78 is 18.4. The molecule has 5 amide bonds. The summed E-state index contributed by atoms with van der Waals surface area (Å²) in [6.07, 6.45) is 6.11. The van der Waals surface area contributed by atoms with E-state index in [-0.39, 0.29) is 69.0 Å². The maximum atomic E-state index is 12.4. The second kappa shape index (κ2) is 44.2. The summed E-state index contributed by atoms with van der Waals surface area (Å²) >= 11 is 0. The van der Waals surface area contributed by atoms with Gasteiger partial charge in [0.25, 0.3) is 0 Å². The van der Waals surface area contributed by atoms with Gasteiger partial charge in [0.15, 0.2) is 0 Å². The number of rotatable bonds is 41. The van der Waals surface area contributed by atoms with Crippen LogP contribution in [0.25, 0.3) is 0 Å². The zero-order valence-corrected chi connectivity index (χ0v) is 45.8. The largest absolute Gasteiger partial charge is 0.481 e. The van der Waals surface area contributed by atoms with E-state index < -0.39 is 40.8 Å². The van der Waals surface area contributed by atoms with Gasteiger partial charge in [-0.3, -0.25) is 33.6 Å². The lowest BCUT2D eigenvalue weighted by Crippen LogP contribution is -2.55. The Hall–Kier alpha value is -5.70. The molecule has 3 aliphatic heterocycles. The van der Waals surface area contributed by atoms with Crippen molar-refractivity contribution in [1.82, 2.24) is 60.7 Å². The molecule has 3 atom stereocenters. The van der Waals surface area contributed by atoms with Gasteiger partial charge in [-0.25, -0.2) is 28.1 Å². The molecule has 448 valence electrons. The Balaban J connectivity index is 0.000000533. The highest BCUT2D eigenvalue weighted by Gasteiger charge is 2.31. The molecule has 0 aromatic carbocycles. The lowest BCUT2D eigenvalue weighted by Gasteiger charge is -2.16. The highest BCUT2D eigenvalue weighted by atomic mass is 16.6. The molecule has 15 N–H and O–H groups in total. The van der Waals surface area contributed by atoms with Crippen molar-refractivity contribution in [3.63, 3.8) is 0 Å². The Labute approximate surface area is 455 Å². The van der Waals surface area contributed by atoms with Crippen molar-refractivity contribution in [1.29, 1.82) is 0 Å². The minimum Gasteiger partial charge on any atom is -0.481 e. The third kappa shape index (κ3) is 38.0. The number of hydrogen-bond acceptors (Lipinski definition) is 20. The van der Waals surface area contributed by atoms with Crippen molar-refractivity contribution in [2.45, 2.75) is 109 Å². The number of aliphatic carboxylic acids is 2. The lowest BCUT2D eigenvalue weighted by atomic mass is 10.2. The van der Waals surface area contributed by atoms with Gasteiger partial charge < -0.3 is 88.6 Å². The molecule has 30 heteroatoms. The van der Waals surface area contributed by atoms with Crippen LogP contribution in [0.1, 0.15) is 70.6 Å². The molecule has 4 rings (SSSR count). The molecule has 78 heavy (non-hydrogen) atoms. The number of nitrogens with zero attached hydrogens (tertiary/aromatic N) is 5. The number of carbonyl (C=O) groups is 7. The molecule has 0 spiro atoms. The molecule has 0 radical (unpaired) electrons. The number of nitrogens with two attached hydrogens (primary N) is 3. The highest BCUT2D eigenvalue weighted by molar-refractivity contribution is 6.35. The fourth-order valence-electron chi connectivity index (χ4n) is 6.81. The molecule has 0 bridgehead atoms. The second-order valence-electron chi connectivity index (χ2n) is 18.6. The smallest absolute Gasteiger partial charge is 0.336 e. The fourth-order valence-corrected chi connectivity index (χ4v) is 6.81. The summed E-state index contributed by atoms with van der Waals surface area (Å²) in [7, 11) is 4.00. The molecule has 3 aliphatic rings. The van der Waals surface area contributed by atoms with E-state index in [0.29, 0.717) is 117 Å². The van der Waals surface area contributed by atoms with Gasteiger partial charge in [0.1, 0.15) is 0 Å². The highest BCUT2D eigenvalue weighted by Crippen LogP contribution is 2.12. The maximum absolute atomic E-state index is 12.4. The first-order valence-electron chi connectivity index (χ1n) is 26.9. The normalized spacial score (nSPS) is 15.5. The van der Waals surface area contributed by atoms with Crippen LogP contribution in [-0.2, 0) is 67.4 Å². The predicted molar refractivity (Wildman–Crippen MR) is 289 cm³/mol. The Bertz CT molecular complexity index is 1930. The number of carbonyl (C=O) groups excluding carboxylic acids is 5. The quantitative estimate of drug-likeness (QED) is 0.0126. The van der Waals surface area contributed by atoms with Crippen molar-refractivity contribution < 1.29 is 58.0 Å². The topological polar surface area (TPSA) is 432 Å². The van der Waals surface area contributed by atoms with Gasteiger partial charge in [-0.15, -0.1) is 0 Å². The first-order chi connectivity index (χ1) is 37.5. The van der Waals surface area contributed by atoms with Crippen LogP contribution >= 0.6 is 0 Å². The van der Waals surface area contributed by atoms with Crippen LogP contribution in [0.2, 0.25) is 0 Å². The number of carboxylic acid groups (broad SMARTS) is 2. The molecule has 3 fully saturated rings. The van der Waals surface area contributed by atoms with Gasteiger partial charge >= 0.3 is 40.8 Å². The number of epoxide rings is 3. The number of unbranched alkanes of at least 4 members (excludes halogenated alkanes) is 1. The van der Waals surface area contributed by atoms with E-state index in [0.717, 1.165) is 78.7 Å². The Morgan fingerprint density at radius 2 is 0.859 bits per heavy atom. The number of aromatic nitrogens is 3. The van der Waals surface area contributed by atoms with Gasteiger partial charge in [0.05, 0.1) is 57.8 Å².